The zero-order valence-electron chi connectivity index (χ0n) is 43.0. The highest BCUT2D eigenvalue weighted by molar-refractivity contribution is 5.83. The maximum Gasteiger partial charge on any atom is 0.321 e. The van der Waals surface area contributed by atoms with E-state index in [1.54, 1.807) is 0 Å². The summed E-state index contributed by atoms with van der Waals surface area (Å²) >= 11 is 0. The third kappa shape index (κ3) is 20.8. The maximum atomic E-state index is 11.2. The Kier molecular flexibility index (Phi) is 24.7. The first-order valence-corrected chi connectivity index (χ1v) is 24.1. The van der Waals surface area contributed by atoms with Gasteiger partial charge in [-0.15, -0.1) is 0 Å². The van der Waals surface area contributed by atoms with Crippen molar-refractivity contribution in [2.45, 2.75) is 95.4 Å². The molecule has 15 N–H and O–H groups in total. The second-order valence-corrected chi connectivity index (χ2v) is 18.7. The predicted octanol–water partition coefficient (Wildman–Crippen LogP) is 7.61. The van der Waals surface area contributed by atoms with Gasteiger partial charge in [0.1, 0.15) is 30.2 Å². The first-order valence-electron chi connectivity index (χ1n) is 24.1. The number of nitrogens with two attached hydrogens (primary N) is 5. The average Bonchev–Trinajstić information content (AvgIpc) is 3.38. The van der Waals surface area contributed by atoms with Crippen molar-refractivity contribution < 1.29 is 49.5 Å². The van der Waals surface area contributed by atoms with Gasteiger partial charge in [-0.05, 0) is 84.2 Å². The van der Waals surface area contributed by atoms with Crippen molar-refractivity contribution >= 4 is 40.6 Å². The van der Waals surface area contributed by atoms with Crippen molar-refractivity contribution in [3.05, 3.63) is 226 Å². The largest absolute Gasteiger partial charge is 0.480 e. The lowest BCUT2D eigenvalue weighted by atomic mass is 9.78. The first kappa shape index (κ1) is 61.3. The smallest absolute Gasteiger partial charge is 0.321 e. The number of carbonyl (C=O) groups is 5. The van der Waals surface area contributed by atoms with Gasteiger partial charge in [0.2, 0.25) is 0 Å². The van der Waals surface area contributed by atoms with Crippen LogP contribution in [0.4, 0.5) is 0 Å². The summed E-state index contributed by atoms with van der Waals surface area (Å²) < 4.78 is 0. The number of benzene rings is 7. The number of fused-ring (bicyclic) bond motifs is 1. The molecule has 0 saturated carbocycles. The van der Waals surface area contributed by atoms with Crippen molar-refractivity contribution in [2.75, 3.05) is 0 Å². The van der Waals surface area contributed by atoms with E-state index in [1.807, 2.05) is 211 Å². The summed E-state index contributed by atoms with van der Waals surface area (Å²) in [6, 6.07) is 51.7. The normalized spacial score (nSPS) is 12.7. The van der Waals surface area contributed by atoms with Crippen molar-refractivity contribution in [1.29, 1.82) is 0 Å². The first-order chi connectivity index (χ1) is 35.4. The fraction of sp³-hybridized carbons (Fsp3) is 0.250. The highest BCUT2D eigenvalue weighted by Crippen LogP contribution is 2.28. The van der Waals surface area contributed by atoms with E-state index in [0.29, 0.717) is 19.3 Å². The van der Waals surface area contributed by atoms with Crippen LogP contribution >= 0.6 is 0 Å². The molecule has 0 aromatic heterocycles. The van der Waals surface area contributed by atoms with E-state index in [1.165, 1.54) is 0 Å². The Balaban J connectivity index is 0.000000248. The van der Waals surface area contributed by atoms with Crippen LogP contribution in [0.25, 0.3) is 10.8 Å². The summed E-state index contributed by atoms with van der Waals surface area (Å²) in [5.74, 6) is -5.17. The maximum absolute atomic E-state index is 11.2. The van der Waals surface area contributed by atoms with E-state index in [4.69, 9.17) is 54.2 Å². The molecule has 0 fully saturated rings. The summed E-state index contributed by atoms with van der Waals surface area (Å²) in [6.45, 7) is 9.66. The van der Waals surface area contributed by atoms with Crippen LogP contribution in [0.5, 0.6) is 0 Å². The molecule has 0 spiro atoms. The molecule has 396 valence electrons. The summed E-state index contributed by atoms with van der Waals surface area (Å²) in [7, 11) is 0. The second kappa shape index (κ2) is 30.2. The fourth-order valence-electron chi connectivity index (χ4n) is 7.38. The minimum absolute atomic E-state index is 0.329. The van der Waals surface area contributed by atoms with Crippen molar-refractivity contribution in [1.82, 2.24) is 0 Å². The van der Waals surface area contributed by atoms with Crippen molar-refractivity contribution in [3.63, 3.8) is 0 Å². The molecule has 5 atom stereocenters. The highest BCUT2D eigenvalue weighted by Gasteiger charge is 2.33. The van der Waals surface area contributed by atoms with Gasteiger partial charge in [-0.3, -0.25) is 24.0 Å². The Morgan fingerprint density at radius 2 is 0.733 bits per heavy atom. The zero-order chi connectivity index (χ0) is 55.8. The molecule has 0 unspecified atom stereocenters. The number of hydrogen-bond donors (Lipinski definition) is 10. The highest BCUT2D eigenvalue weighted by atomic mass is 16.4. The summed E-state index contributed by atoms with van der Waals surface area (Å²) in [5, 5.41) is 46.2. The minimum Gasteiger partial charge on any atom is -0.480 e. The van der Waals surface area contributed by atoms with Crippen LogP contribution in [0.1, 0.15) is 69.8 Å². The molecular weight excluding hydrogens is 951 g/mol. The van der Waals surface area contributed by atoms with Crippen LogP contribution in [0.3, 0.4) is 0 Å². The number of aryl methyl sites for hydroxylation is 3. The molecule has 7 rings (SSSR count). The van der Waals surface area contributed by atoms with E-state index in [2.05, 4.69) is 0 Å². The van der Waals surface area contributed by atoms with Gasteiger partial charge < -0.3 is 54.2 Å². The fourth-order valence-corrected chi connectivity index (χ4v) is 7.38. The quantitative estimate of drug-likeness (QED) is 0.0445. The van der Waals surface area contributed by atoms with Gasteiger partial charge in [-0.1, -0.05) is 206 Å². The lowest BCUT2D eigenvalue weighted by molar-refractivity contribution is -0.140. The minimum atomic E-state index is -0.993. The van der Waals surface area contributed by atoms with Gasteiger partial charge in [0, 0.05) is 11.3 Å². The number of carboxylic acid groups (broad SMARTS) is 5. The Bertz CT molecular complexity index is 2780. The van der Waals surface area contributed by atoms with Crippen molar-refractivity contribution in [2.24, 2.45) is 28.7 Å². The molecule has 0 aliphatic carbocycles. The van der Waals surface area contributed by atoms with Crippen LogP contribution in [-0.4, -0.2) is 85.6 Å². The predicted molar refractivity (Wildman–Crippen MR) is 294 cm³/mol. The number of aliphatic carboxylic acids is 5. The summed E-state index contributed by atoms with van der Waals surface area (Å²) in [5.41, 5.74) is 36.3. The Hall–Kier alpha value is -8.05. The van der Waals surface area contributed by atoms with Gasteiger partial charge >= 0.3 is 29.8 Å². The Morgan fingerprint density at radius 1 is 0.400 bits per heavy atom. The van der Waals surface area contributed by atoms with Gasteiger partial charge in [0.15, 0.2) is 0 Å². The number of carboxylic acids is 5. The lowest BCUT2D eigenvalue weighted by Gasteiger charge is -2.29. The standard InChI is InChI=1S/C15H15NO2.C13H13NO2.C12H17NO2.2C10H13NO2/c16-14(15(17)18)13(11-7-3-1-4-8-11)12-9-5-2-6-10-12;14-12(13(15)16)8-9-5-6-10-3-1-2-4-11(10)7-9;1-8-4-6-9(7-5-8)12(2,3)10(13)11(14)15;2*1-7-2-4-8(5-3-7)6-9(11)10(12)13/h1-10,13-14H,16H2,(H,17,18);1-7,12H,8,14H2,(H,15,16);4-7,10H,13H2,1-3H3,(H,14,15);2*2-5,9H,6,11H2,1H3,(H,12,13)/t14-;12-;10-;2*9-/m00100/s1. The lowest BCUT2D eigenvalue weighted by Crippen LogP contribution is -2.46. The van der Waals surface area contributed by atoms with E-state index >= 15 is 0 Å². The van der Waals surface area contributed by atoms with Crippen molar-refractivity contribution in [3.8, 4) is 0 Å². The van der Waals surface area contributed by atoms with E-state index < -0.39 is 65.5 Å². The molecule has 15 nitrogen and oxygen atoms in total. The van der Waals surface area contributed by atoms with E-state index in [-0.39, 0.29) is 5.92 Å². The van der Waals surface area contributed by atoms with Gasteiger partial charge in [-0.25, -0.2) is 0 Å². The van der Waals surface area contributed by atoms with Gasteiger partial charge in [0.05, 0.1) is 0 Å². The molecule has 0 amide bonds. The molecule has 15 heteroatoms. The summed E-state index contributed by atoms with van der Waals surface area (Å²) in [6.07, 6.45) is 1.13. The van der Waals surface area contributed by atoms with Crippen LogP contribution in [0.2, 0.25) is 0 Å². The number of hydrogen-bond acceptors (Lipinski definition) is 10. The number of rotatable bonds is 16. The zero-order valence-corrected chi connectivity index (χ0v) is 43.0. The molecule has 0 aliphatic heterocycles. The Labute approximate surface area is 438 Å². The molecule has 7 aromatic rings. The topological polar surface area (TPSA) is 317 Å². The molecule has 75 heavy (non-hydrogen) atoms. The Morgan fingerprint density at radius 3 is 1.09 bits per heavy atom. The molecule has 0 bridgehead atoms. The van der Waals surface area contributed by atoms with Crippen LogP contribution in [0.15, 0.2) is 176 Å². The molecular formula is C60H71N5O10. The third-order valence-electron chi connectivity index (χ3n) is 12.2. The van der Waals surface area contributed by atoms with Crippen LogP contribution < -0.4 is 28.7 Å². The van der Waals surface area contributed by atoms with Gasteiger partial charge in [0.25, 0.3) is 0 Å². The molecule has 0 radical (unpaired) electrons. The molecule has 0 aliphatic rings. The van der Waals surface area contributed by atoms with Gasteiger partial charge in [-0.2, -0.15) is 0 Å². The third-order valence-corrected chi connectivity index (χ3v) is 12.2. The average molecular weight is 1020 g/mol. The second-order valence-electron chi connectivity index (χ2n) is 18.7. The molecule has 7 aromatic carbocycles. The van der Waals surface area contributed by atoms with E-state index in [0.717, 1.165) is 60.8 Å². The summed E-state index contributed by atoms with van der Waals surface area (Å²) in [4.78, 5) is 53.6. The monoisotopic (exact) mass is 1020 g/mol. The molecule has 0 heterocycles. The van der Waals surface area contributed by atoms with Crippen LogP contribution in [0, 0.1) is 20.8 Å². The van der Waals surface area contributed by atoms with E-state index in [9.17, 15) is 24.0 Å². The molecule has 0 saturated heterocycles. The van der Waals surface area contributed by atoms with Crippen LogP contribution in [-0.2, 0) is 48.7 Å². The SMILES string of the molecule is Cc1ccc(C(C)(C)[C@H](N)C(=O)O)cc1.Cc1ccc(C[C@H](N)C(=O)O)cc1.Cc1ccc(C[C@H](N)C(=O)O)cc1.N[C@@H](Cc1ccc2ccccc2c1)C(=O)O.N[C@H](C(=O)O)C(c1ccccc1)c1ccccc1.